The van der Waals surface area contributed by atoms with Crippen molar-refractivity contribution in [2.75, 3.05) is 13.1 Å². The summed E-state index contributed by atoms with van der Waals surface area (Å²) in [4.78, 5) is 21.7. The maximum absolute atomic E-state index is 12.4. The minimum Gasteiger partial charge on any atom is -0.490 e. The van der Waals surface area contributed by atoms with Gasteiger partial charge in [0.05, 0.1) is 6.04 Å². The van der Waals surface area contributed by atoms with E-state index in [1.807, 2.05) is 30.9 Å². The zero-order chi connectivity index (χ0) is 17.8. The van der Waals surface area contributed by atoms with Gasteiger partial charge in [0.1, 0.15) is 17.7 Å². The summed E-state index contributed by atoms with van der Waals surface area (Å²) in [5, 5.41) is 3.00. The van der Waals surface area contributed by atoms with Crippen LogP contribution in [0.2, 0.25) is 0 Å². The van der Waals surface area contributed by atoms with Crippen LogP contribution in [0.4, 0.5) is 4.79 Å². The topological polar surface area (TPSA) is 70.2 Å². The summed E-state index contributed by atoms with van der Waals surface area (Å²) in [7, 11) is 0. The Hall–Kier alpha value is -2.50. The van der Waals surface area contributed by atoms with Crippen LogP contribution in [0.15, 0.2) is 30.5 Å². The molecule has 6 nitrogen and oxygen atoms in total. The molecule has 2 heterocycles. The molecule has 0 spiro atoms. The average molecular weight is 342 g/mol. The zero-order valence-corrected chi connectivity index (χ0v) is 15.1. The minimum atomic E-state index is -0.136. The zero-order valence-electron chi connectivity index (χ0n) is 15.1. The lowest BCUT2D eigenvalue weighted by molar-refractivity contribution is 0.110. The molecule has 0 saturated carbocycles. The Balaban J connectivity index is 1.46. The van der Waals surface area contributed by atoms with E-state index in [2.05, 4.69) is 34.3 Å². The van der Waals surface area contributed by atoms with Gasteiger partial charge in [-0.15, -0.1) is 0 Å². The Morgan fingerprint density at radius 3 is 2.56 bits per heavy atom. The molecule has 134 valence electrons. The van der Waals surface area contributed by atoms with Crippen molar-refractivity contribution >= 4 is 6.03 Å². The highest BCUT2D eigenvalue weighted by Crippen LogP contribution is 2.20. The van der Waals surface area contributed by atoms with Gasteiger partial charge in [-0.25, -0.2) is 9.78 Å². The Bertz CT molecular complexity index is 702. The third-order valence-electron chi connectivity index (χ3n) is 4.53. The van der Waals surface area contributed by atoms with Crippen molar-refractivity contribution < 1.29 is 9.53 Å². The molecular formula is C19H26N4O2. The summed E-state index contributed by atoms with van der Waals surface area (Å²) in [6, 6.07) is 7.92. The Kier molecular flexibility index (Phi) is 5.26. The van der Waals surface area contributed by atoms with Gasteiger partial charge in [0.2, 0.25) is 0 Å². The van der Waals surface area contributed by atoms with Gasteiger partial charge < -0.3 is 19.9 Å². The van der Waals surface area contributed by atoms with Crippen LogP contribution in [0.5, 0.6) is 5.75 Å². The van der Waals surface area contributed by atoms with E-state index in [0.717, 1.165) is 30.1 Å². The number of rotatable bonds is 4. The minimum absolute atomic E-state index is 0.0460. The Morgan fingerprint density at radius 1 is 1.28 bits per heavy atom. The van der Waals surface area contributed by atoms with E-state index < -0.39 is 0 Å². The second kappa shape index (κ2) is 7.59. The summed E-state index contributed by atoms with van der Waals surface area (Å²) in [6.07, 6.45) is 3.62. The second-order valence-electron chi connectivity index (χ2n) is 6.74. The number of imidazole rings is 1. The molecule has 2 aromatic rings. The van der Waals surface area contributed by atoms with Crippen molar-refractivity contribution in [3.05, 3.63) is 47.5 Å². The number of nitrogens with zero attached hydrogens (tertiary/aromatic N) is 2. The number of nitrogens with one attached hydrogen (secondary N) is 2. The van der Waals surface area contributed by atoms with Gasteiger partial charge in [-0.05, 0) is 32.9 Å². The summed E-state index contributed by atoms with van der Waals surface area (Å²) >= 11 is 0. The number of aromatic nitrogens is 2. The average Bonchev–Trinajstić information content (AvgIpc) is 3.04. The molecular weight excluding hydrogens is 316 g/mol. The fraction of sp³-hybridized carbons (Fsp3) is 0.474. The summed E-state index contributed by atoms with van der Waals surface area (Å²) < 4.78 is 6.02. The molecule has 1 saturated heterocycles. The number of piperidine rings is 1. The lowest BCUT2D eigenvalue weighted by atomic mass is 10.1. The van der Waals surface area contributed by atoms with Crippen LogP contribution in [0.3, 0.4) is 0 Å². The number of carbonyl (C=O) groups excluding carboxylic acids is 1. The van der Waals surface area contributed by atoms with E-state index in [1.165, 1.54) is 5.56 Å². The number of aromatic amines is 1. The third-order valence-corrected chi connectivity index (χ3v) is 4.53. The van der Waals surface area contributed by atoms with Gasteiger partial charge in [0, 0.05) is 37.8 Å². The first-order valence-electron chi connectivity index (χ1n) is 8.81. The molecule has 0 unspecified atom stereocenters. The van der Waals surface area contributed by atoms with E-state index in [4.69, 9.17) is 4.74 Å². The van der Waals surface area contributed by atoms with Gasteiger partial charge in [0.25, 0.3) is 0 Å². The monoisotopic (exact) mass is 342 g/mol. The maximum Gasteiger partial charge on any atom is 0.317 e. The predicted molar refractivity (Wildman–Crippen MR) is 96.7 cm³/mol. The number of hydrogen-bond acceptors (Lipinski definition) is 3. The number of aryl methyl sites for hydroxylation is 2. The predicted octanol–water partition coefficient (Wildman–Crippen LogP) is 3.34. The first kappa shape index (κ1) is 17.3. The van der Waals surface area contributed by atoms with E-state index in [1.54, 1.807) is 6.20 Å². The first-order chi connectivity index (χ1) is 12.0. The Morgan fingerprint density at radius 2 is 1.96 bits per heavy atom. The van der Waals surface area contributed by atoms with E-state index in [9.17, 15) is 4.79 Å². The molecule has 1 aliphatic rings. The van der Waals surface area contributed by atoms with Crippen LogP contribution in [-0.4, -0.2) is 40.1 Å². The highest BCUT2D eigenvalue weighted by molar-refractivity contribution is 5.74. The van der Waals surface area contributed by atoms with Gasteiger partial charge >= 0.3 is 6.03 Å². The molecule has 25 heavy (non-hydrogen) atoms. The Labute approximate surface area is 148 Å². The van der Waals surface area contributed by atoms with Crippen LogP contribution in [0, 0.1) is 13.8 Å². The third kappa shape index (κ3) is 4.53. The van der Waals surface area contributed by atoms with Gasteiger partial charge in [-0.3, -0.25) is 0 Å². The molecule has 1 atom stereocenters. The molecule has 1 aromatic carbocycles. The molecule has 6 heteroatoms. The molecule has 1 fully saturated rings. The number of ether oxygens (including phenoxy) is 1. The normalized spacial score (nSPS) is 16.5. The fourth-order valence-electron chi connectivity index (χ4n) is 2.98. The summed E-state index contributed by atoms with van der Waals surface area (Å²) in [5.74, 6) is 1.68. The van der Waals surface area contributed by atoms with Crippen LogP contribution < -0.4 is 10.1 Å². The largest absolute Gasteiger partial charge is 0.490 e. The van der Waals surface area contributed by atoms with Crippen molar-refractivity contribution in [1.82, 2.24) is 20.2 Å². The number of urea groups is 1. The van der Waals surface area contributed by atoms with Crippen molar-refractivity contribution in [2.24, 2.45) is 0 Å². The second-order valence-corrected chi connectivity index (χ2v) is 6.74. The molecule has 0 radical (unpaired) electrons. The lowest BCUT2D eigenvalue weighted by Crippen LogP contribution is -2.47. The molecule has 2 amide bonds. The molecule has 2 N–H and O–H groups in total. The van der Waals surface area contributed by atoms with E-state index >= 15 is 0 Å². The highest BCUT2D eigenvalue weighted by atomic mass is 16.5. The number of amides is 2. The van der Waals surface area contributed by atoms with Gasteiger partial charge in [0.15, 0.2) is 0 Å². The highest BCUT2D eigenvalue weighted by Gasteiger charge is 2.25. The van der Waals surface area contributed by atoms with Crippen LogP contribution >= 0.6 is 0 Å². The number of H-pyrrole nitrogens is 1. The molecule has 1 aliphatic heterocycles. The van der Waals surface area contributed by atoms with Crippen molar-refractivity contribution in [3.8, 4) is 5.75 Å². The van der Waals surface area contributed by atoms with Gasteiger partial charge in [-0.2, -0.15) is 0 Å². The molecule has 0 bridgehead atoms. The molecule has 1 aromatic heterocycles. The first-order valence-corrected chi connectivity index (χ1v) is 8.81. The quantitative estimate of drug-likeness (QED) is 0.895. The van der Waals surface area contributed by atoms with Gasteiger partial charge in [-0.1, -0.05) is 17.7 Å². The van der Waals surface area contributed by atoms with Crippen molar-refractivity contribution in [1.29, 1.82) is 0 Å². The number of hydrogen-bond donors (Lipinski definition) is 2. The van der Waals surface area contributed by atoms with Crippen molar-refractivity contribution in [2.45, 2.75) is 45.8 Å². The molecule has 3 rings (SSSR count). The fourth-order valence-corrected chi connectivity index (χ4v) is 2.98. The van der Waals surface area contributed by atoms with Crippen LogP contribution in [-0.2, 0) is 0 Å². The summed E-state index contributed by atoms with van der Waals surface area (Å²) in [6.45, 7) is 7.34. The summed E-state index contributed by atoms with van der Waals surface area (Å²) in [5.41, 5.74) is 2.21. The smallest absolute Gasteiger partial charge is 0.317 e. The van der Waals surface area contributed by atoms with Crippen molar-refractivity contribution in [3.63, 3.8) is 0 Å². The van der Waals surface area contributed by atoms with Crippen LogP contribution in [0.1, 0.15) is 42.9 Å². The SMILES string of the molecule is Cc1ccc(OC2CCN(C(=O)N[C@@H](C)c3ncc(C)[nH]3)CC2)cc1. The van der Waals surface area contributed by atoms with Crippen LogP contribution in [0.25, 0.3) is 0 Å². The number of benzene rings is 1. The number of likely N-dealkylation sites (tertiary alicyclic amines) is 1. The van der Waals surface area contributed by atoms with E-state index in [-0.39, 0.29) is 18.2 Å². The molecule has 0 aliphatic carbocycles. The number of carbonyl (C=O) groups is 1. The maximum atomic E-state index is 12.4. The van der Waals surface area contributed by atoms with E-state index in [0.29, 0.717) is 13.1 Å². The lowest BCUT2D eigenvalue weighted by Gasteiger charge is -2.32. The standard InChI is InChI=1S/C19H26N4O2/c1-13-4-6-16(7-5-13)25-17-8-10-23(11-9-17)19(24)22-15(3)18-20-12-14(2)21-18/h4-7,12,15,17H,8-11H2,1-3H3,(H,20,21)(H,22,24)/t15-/m0/s1.